The van der Waals surface area contributed by atoms with Crippen LogP contribution in [0.3, 0.4) is 0 Å². The maximum atomic E-state index is 12.6. The summed E-state index contributed by atoms with van der Waals surface area (Å²) in [5.41, 5.74) is 3.03. The van der Waals surface area contributed by atoms with Gasteiger partial charge in [0.25, 0.3) is 5.91 Å². The monoisotopic (exact) mass is 379 g/mol. The molecule has 1 saturated heterocycles. The zero-order chi connectivity index (χ0) is 19.3. The van der Waals surface area contributed by atoms with Crippen molar-refractivity contribution < 1.29 is 14.3 Å². The predicted octanol–water partition coefficient (Wildman–Crippen LogP) is 2.78. The Labute approximate surface area is 162 Å². The van der Waals surface area contributed by atoms with Gasteiger partial charge in [-0.3, -0.25) is 4.79 Å². The van der Waals surface area contributed by atoms with Crippen molar-refractivity contribution in [1.82, 2.24) is 20.2 Å². The van der Waals surface area contributed by atoms with Gasteiger partial charge in [0.05, 0.1) is 11.8 Å². The first-order valence-corrected chi connectivity index (χ1v) is 9.19. The Morgan fingerprint density at radius 2 is 2.25 bits per heavy atom. The summed E-state index contributed by atoms with van der Waals surface area (Å²) in [6.45, 7) is 3.23. The molecule has 1 aliphatic heterocycles. The average Bonchev–Trinajstić information content (AvgIpc) is 3.41. The molecule has 0 spiro atoms. The molecule has 3 aromatic rings. The molecule has 1 aliphatic rings. The molecule has 0 bridgehead atoms. The lowest BCUT2D eigenvalue weighted by atomic mass is 10.1. The van der Waals surface area contributed by atoms with Crippen LogP contribution in [0, 0.1) is 6.92 Å². The van der Waals surface area contributed by atoms with Crippen LogP contribution in [0.4, 0.5) is 5.69 Å². The lowest BCUT2D eigenvalue weighted by molar-refractivity contribution is 0.0679. The van der Waals surface area contributed by atoms with E-state index in [1.54, 1.807) is 16.8 Å². The highest BCUT2D eigenvalue weighted by atomic mass is 16.5. The maximum Gasteiger partial charge on any atom is 0.255 e. The second-order valence-corrected chi connectivity index (χ2v) is 6.68. The van der Waals surface area contributed by atoms with Crippen LogP contribution < -0.4 is 10.1 Å². The maximum absolute atomic E-state index is 12.6. The summed E-state index contributed by atoms with van der Waals surface area (Å²) in [5, 5.41) is 14.1. The van der Waals surface area contributed by atoms with Gasteiger partial charge in [-0.2, -0.15) is 0 Å². The van der Waals surface area contributed by atoms with Gasteiger partial charge in [0, 0.05) is 17.9 Å². The summed E-state index contributed by atoms with van der Waals surface area (Å²) in [4.78, 5) is 12.6. The number of hydrogen-bond donors (Lipinski definition) is 1. The van der Waals surface area contributed by atoms with Gasteiger partial charge < -0.3 is 14.8 Å². The smallest absolute Gasteiger partial charge is 0.255 e. The summed E-state index contributed by atoms with van der Waals surface area (Å²) in [7, 11) is 0. The summed E-state index contributed by atoms with van der Waals surface area (Å²) in [6, 6.07) is 12.7. The summed E-state index contributed by atoms with van der Waals surface area (Å²) in [5.74, 6) is 0.463. The Hall–Kier alpha value is -3.26. The summed E-state index contributed by atoms with van der Waals surface area (Å²) < 4.78 is 12.9. The number of benzene rings is 2. The second kappa shape index (κ2) is 8.18. The highest BCUT2D eigenvalue weighted by molar-refractivity contribution is 6.04. The van der Waals surface area contributed by atoms with Crippen molar-refractivity contribution in [3.63, 3.8) is 0 Å². The fourth-order valence-electron chi connectivity index (χ4n) is 3.16. The van der Waals surface area contributed by atoms with E-state index in [2.05, 4.69) is 20.8 Å². The van der Waals surface area contributed by atoms with Gasteiger partial charge in [-0.25, -0.2) is 4.68 Å². The molecule has 0 aliphatic carbocycles. The van der Waals surface area contributed by atoms with Gasteiger partial charge in [-0.1, -0.05) is 6.07 Å². The molecule has 8 heteroatoms. The third kappa shape index (κ3) is 4.17. The van der Waals surface area contributed by atoms with E-state index < -0.39 is 0 Å². The number of hydrogen-bond acceptors (Lipinski definition) is 6. The first-order valence-electron chi connectivity index (χ1n) is 9.19. The number of ether oxygens (including phenoxy) is 2. The Morgan fingerprint density at radius 1 is 1.32 bits per heavy atom. The van der Waals surface area contributed by atoms with E-state index in [1.165, 1.54) is 6.33 Å². The SMILES string of the molecule is Cc1cc(NC(=O)c2cccc(OCC3CCCO3)c2)ccc1-n1cnnn1. The first kappa shape index (κ1) is 18.1. The van der Waals surface area contributed by atoms with E-state index in [-0.39, 0.29) is 12.0 Å². The quantitative estimate of drug-likeness (QED) is 0.708. The van der Waals surface area contributed by atoms with E-state index in [9.17, 15) is 4.79 Å². The van der Waals surface area contributed by atoms with Crippen molar-refractivity contribution in [2.45, 2.75) is 25.9 Å². The fraction of sp³-hybridized carbons (Fsp3) is 0.300. The molecule has 1 aromatic heterocycles. The largest absolute Gasteiger partial charge is 0.491 e. The molecular weight excluding hydrogens is 358 g/mol. The highest BCUT2D eigenvalue weighted by Gasteiger charge is 2.16. The van der Waals surface area contributed by atoms with Gasteiger partial charge in [0.1, 0.15) is 18.7 Å². The number of aromatic nitrogens is 4. The summed E-state index contributed by atoms with van der Waals surface area (Å²) >= 11 is 0. The van der Waals surface area contributed by atoms with Gasteiger partial charge >= 0.3 is 0 Å². The van der Waals surface area contributed by atoms with Crippen LogP contribution in [0.25, 0.3) is 5.69 Å². The van der Waals surface area contributed by atoms with Crippen LogP contribution in [0.15, 0.2) is 48.8 Å². The van der Waals surface area contributed by atoms with E-state index >= 15 is 0 Å². The third-order valence-corrected chi connectivity index (χ3v) is 4.61. The summed E-state index contributed by atoms with van der Waals surface area (Å²) in [6.07, 6.45) is 3.75. The van der Waals surface area contributed by atoms with Gasteiger partial charge in [-0.15, -0.1) is 5.10 Å². The van der Waals surface area contributed by atoms with Crippen molar-refractivity contribution in [3.8, 4) is 11.4 Å². The first-order chi connectivity index (χ1) is 13.7. The number of carbonyl (C=O) groups is 1. The minimum absolute atomic E-state index is 0.138. The Balaban J connectivity index is 1.42. The molecule has 1 fully saturated rings. The van der Waals surface area contributed by atoms with Crippen molar-refractivity contribution in [2.24, 2.45) is 0 Å². The topological polar surface area (TPSA) is 91.2 Å². The average molecular weight is 379 g/mol. The number of amides is 1. The van der Waals surface area contributed by atoms with Crippen molar-refractivity contribution in [3.05, 3.63) is 59.9 Å². The molecule has 0 radical (unpaired) electrons. The number of carbonyl (C=O) groups excluding carboxylic acids is 1. The minimum atomic E-state index is -0.197. The van der Waals surface area contributed by atoms with Crippen LogP contribution in [0.5, 0.6) is 5.75 Å². The van der Waals surface area contributed by atoms with Crippen LogP contribution in [-0.2, 0) is 4.74 Å². The predicted molar refractivity (Wildman–Crippen MR) is 103 cm³/mol. The molecule has 1 N–H and O–H groups in total. The number of nitrogens with zero attached hydrogens (tertiary/aromatic N) is 4. The Morgan fingerprint density at radius 3 is 3.00 bits per heavy atom. The van der Waals surface area contributed by atoms with E-state index in [1.807, 2.05) is 37.3 Å². The molecule has 0 saturated carbocycles. The molecule has 1 amide bonds. The number of nitrogens with one attached hydrogen (secondary N) is 1. The van der Waals surface area contributed by atoms with Gasteiger partial charge in [-0.05, 0) is 72.2 Å². The Bertz CT molecular complexity index is 952. The molecule has 2 aromatic carbocycles. The highest BCUT2D eigenvalue weighted by Crippen LogP contribution is 2.20. The minimum Gasteiger partial charge on any atom is -0.491 e. The number of anilines is 1. The molecule has 28 heavy (non-hydrogen) atoms. The van der Waals surface area contributed by atoms with E-state index in [4.69, 9.17) is 9.47 Å². The number of aryl methyl sites for hydroxylation is 1. The molecule has 8 nitrogen and oxygen atoms in total. The molecule has 2 heterocycles. The van der Waals surface area contributed by atoms with E-state index in [0.29, 0.717) is 23.6 Å². The van der Waals surface area contributed by atoms with Crippen LogP contribution >= 0.6 is 0 Å². The lowest BCUT2D eigenvalue weighted by Gasteiger charge is -2.13. The number of rotatable bonds is 6. The molecule has 144 valence electrons. The van der Waals surface area contributed by atoms with Crippen LogP contribution in [0.2, 0.25) is 0 Å². The van der Waals surface area contributed by atoms with Crippen molar-refractivity contribution in [2.75, 3.05) is 18.5 Å². The molecule has 4 rings (SSSR count). The number of tetrazole rings is 1. The van der Waals surface area contributed by atoms with Gasteiger partial charge in [0.2, 0.25) is 0 Å². The Kier molecular flexibility index (Phi) is 5.29. The zero-order valence-electron chi connectivity index (χ0n) is 15.5. The second-order valence-electron chi connectivity index (χ2n) is 6.68. The van der Waals surface area contributed by atoms with Crippen LogP contribution in [-0.4, -0.2) is 45.4 Å². The van der Waals surface area contributed by atoms with Gasteiger partial charge in [0.15, 0.2) is 0 Å². The van der Waals surface area contributed by atoms with Crippen molar-refractivity contribution >= 4 is 11.6 Å². The molecular formula is C20H21N5O3. The fourth-order valence-corrected chi connectivity index (χ4v) is 3.16. The standard InChI is InChI=1S/C20H21N5O3/c1-14-10-16(7-8-19(14)25-13-21-23-24-25)22-20(26)15-4-2-5-17(11-15)28-12-18-6-3-9-27-18/h2,4-5,7-8,10-11,13,18H,3,6,9,12H2,1H3,(H,22,26). The lowest BCUT2D eigenvalue weighted by Crippen LogP contribution is -2.17. The van der Waals surface area contributed by atoms with E-state index in [0.717, 1.165) is 30.7 Å². The molecule has 1 atom stereocenters. The molecule has 1 unspecified atom stereocenters. The third-order valence-electron chi connectivity index (χ3n) is 4.61. The normalized spacial score (nSPS) is 16.1. The van der Waals surface area contributed by atoms with Crippen LogP contribution in [0.1, 0.15) is 28.8 Å². The van der Waals surface area contributed by atoms with Crippen molar-refractivity contribution in [1.29, 1.82) is 0 Å². The zero-order valence-corrected chi connectivity index (χ0v) is 15.5.